The van der Waals surface area contributed by atoms with Crippen molar-refractivity contribution in [2.75, 3.05) is 18.0 Å². The Hall–Kier alpha value is -2.25. The Bertz CT molecular complexity index is 1020. The van der Waals surface area contributed by atoms with Crippen LogP contribution in [0.15, 0.2) is 36.4 Å². The summed E-state index contributed by atoms with van der Waals surface area (Å²) in [7, 11) is 0. The predicted molar refractivity (Wildman–Crippen MR) is 105 cm³/mol. The second kappa shape index (κ2) is 7.29. The summed E-state index contributed by atoms with van der Waals surface area (Å²) in [6, 6.07) is 8.59. The van der Waals surface area contributed by atoms with Crippen molar-refractivity contribution in [1.82, 2.24) is 9.55 Å². The highest BCUT2D eigenvalue weighted by Crippen LogP contribution is 2.35. The minimum Gasteiger partial charge on any atom is -0.340 e. The maximum Gasteiger partial charge on any atom is 0.207 e. The van der Waals surface area contributed by atoms with E-state index in [0.29, 0.717) is 28.5 Å². The first-order valence-corrected chi connectivity index (χ1v) is 9.50. The molecule has 8 heteroatoms. The lowest BCUT2D eigenvalue weighted by atomic mass is 10.0. The minimum absolute atomic E-state index is 0.269. The van der Waals surface area contributed by atoms with E-state index < -0.39 is 23.8 Å². The molecule has 2 aromatic carbocycles. The lowest BCUT2D eigenvalue weighted by molar-refractivity contribution is 0.243. The van der Waals surface area contributed by atoms with Crippen LogP contribution >= 0.6 is 11.6 Å². The molecule has 3 atom stereocenters. The molecule has 28 heavy (non-hydrogen) atoms. The Kier molecular flexibility index (Phi) is 4.97. The van der Waals surface area contributed by atoms with E-state index in [1.54, 1.807) is 6.07 Å². The van der Waals surface area contributed by atoms with Gasteiger partial charge < -0.3 is 15.2 Å². The maximum atomic E-state index is 14.0. The van der Waals surface area contributed by atoms with Crippen LogP contribution in [-0.4, -0.2) is 34.9 Å². The maximum absolute atomic E-state index is 14.0. The molecular weight excluding hydrogens is 389 g/mol. The fourth-order valence-electron chi connectivity index (χ4n) is 3.77. The van der Waals surface area contributed by atoms with Gasteiger partial charge in [-0.3, -0.25) is 0 Å². The molecule has 0 aliphatic carbocycles. The average Bonchev–Trinajstić information content (AvgIpc) is 3.02. The summed E-state index contributed by atoms with van der Waals surface area (Å²) in [6.45, 7) is 2.60. The Morgan fingerprint density at radius 2 is 1.93 bits per heavy atom. The van der Waals surface area contributed by atoms with E-state index in [1.807, 2.05) is 34.6 Å². The average molecular weight is 409 g/mol. The molecule has 4 nitrogen and oxygen atoms in total. The van der Waals surface area contributed by atoms with Crippen molar-refractivity contribution in [1.29, 1.82) is 0 Å². The summed E-state index contributed by atoms with van der Waals surface area (Å²) in [5.74, 6) is -1.42. The van der Waals surface area contributed by atoms with E-state index in [4.69, 9.17) is 17.3 Å². The number of anilines is 1. The van der Waals surface area contributed by atoms with Crippen molar-refractivity contribution < 1.29 is 13.2 Å². The Morgan fingerprint density at radius 3 is 2.64 bits per heavy atom. The van der Waals surface area contributed by atoms with E-state index >= 15 is 0 Å². The lowest BCUT2D eigenvalue weighted by Crippen LogP contribution is -2.50. The molecule has 1 fully saturated rings. The number of imidazole rings is 1. The largest absolute Gasteiger partial charge is 0.340 e. The van der Waals surface area contributed by atoms with Gasteiger partial charge in [-0.05, 0) is 25.0 Å². The molecule has 0 bridgehead atoms. The third kappa shape index (κ3) is 3.22. The van der Waals surface area contributed by atoms with Gasteiger partial charge in [-0.25, -0.2) is 18.2 Å². The summed E-state index contributed by atoms with van der Waals surface area (Å²) in [6.07, 6.45) is -0.807. The van der Waals surface area contributed by atoms with Crippen LogP contribution in [0.2, 0.25) is 5.02 Å². The van der Waals surface area contributed by atoms with E-state index in [1.165, 1.54) is 0 Å². The zero-order chi connectivity index (χ0) is 20.0. The van der Waals surface area contributed by atoms with Crippen molar-refractivity contribution in [3.63, 3.8) is 0 Å². The number of aromatic nitrogens is 2. The normalized spacial score (nSPS) is 21.3. The Labute approximate surface area is 165 Å². The fraction of sp³-hybridized carbons (Fsp3) is 0.350. The van der Waals surface area contributed by atoms with Gasteiger partial charge in [0.1, 0.15) is 6.17 Å². The van der Waals surface area contributed by atoms with E-state index in [9.17, 15) is 13.2 Å². The number of hydrogen-bond acceptors (Lipinski definition) is 3. The lowest BCUT2D eigenvalue weighted by Gasteiger charge is -2.35. The molecule has 3 aromatic rings. The predicted octanol–water partition coefficient (Wildman–Crippen LogP) is 4.45. The number of hydrogen-bond donors (Lipinski definition) is 1. The summed E-state index contributed by atoms with van der Waals surface area (Å²) >= 11 is 6.37. The van der Waals surface area contributed by atoms with Crippen molar-refractivity contribution >= 4 is 28.6 Å². The fourth-order valence-corrected chi connectivity index (χ4v) is 4.06. The third-order valence-electron chi connectivity index (χ3n) is 5.31. The van der Waals surface area contributed by atoms with Gasteiger partial charge >= 0.3 is 0 Å². The van der Waals surface area contributed by atoms with Gasteiger partial charge in [0.2, 0.25) is 5.95 Å². The van der Waals surface area contributed by atoms with Crippen molar-refractivity contribution in [2.45, 2.75) is 31.6 Å². The van der Waals surface area contributed by atoms with Gasteiger partial charge in [0.05, 0.1) is 23.1 Å². The molecule has 148 valence electrons. The quantitative estimate of drug-likeness (QED) is 0.696. The van der Waals surface area contributed by atoms with Crippen molar-refractivity contribution in [2.24, 2.45) is 5.73 Å². The zero-order valence-corrected chi connectivity index (χ0v) is 16.0. The first-order valence-electron chi connectivity index (χ1n) is 9.13. The highest BCUT2D eigenvalue weighted by atomic mass is 35.5. The molecule has 0 spiro atoms. The van der Waals surface area contributed by atoms with Gasteiger partial charge in [-0.15, -0.1) is 0 Å². The van der Waals surface area contributed by atoms with Crippen molar-refractivity contribution in [3.05, 3.63) is 58.6 Å². The van der Waals surface area contributed by atoms with Crippen LogP contribution in [0.3, 0.4) is 0 Å². The van der Waals surface area contributed by atoms with Gasteiger partial charge in [0, 0.05) is 30.2 Å². The Morgan fingerprint density at radius 1 is 1.21 bits per heavy atom. The molecule has 2 N–H and O–H groups in total. The molecule has 0 amide bonds. The molecule has 1 saturated heterocycles. The van der Waals surface area contributed by atoms with E-state index in [-0.39, 0.29) is 19.0 Å². The van der Waals surface area contributed by atoms with E-state index in [2.05, 4.69) is 4.98 Å². The second-order valence-corrected chi connectivity index (χ2v) is 7.56. The van der Waals surface area contributed by atoms with Crippen LogP contribution in [0.4, 0.5) is 19.1 Å². The summed E-state index contributed by atoms with van der Waals surface area (Å²) in [5, 5.41) is 0.560. The van der Waals surface area contributed by atoms with Gasteiger partial charge in [0.15, 0.2) is 11.6 Å². The monoisotopic (exact) mass is 408 g/mol. The number of halogens is 4. The molecule has 1 aromatic heterocycles. The minimum atomic E-state index is -1.08. The molecule has 0 radical (unpaired) electrons. The van der Waals surface area contributed by atoms with Gasteiger partial charge in [-0.2, -0.15) is 0 Å². The first kappa shape index (κ1) is 19.1. The number of rotatable bonds is 3. The molecular formula is C20H20ClF3N4. The highest BCUT2D eigenvalue weighted by molar-refractivity contribution is 6.31. The van der Waals surface area contributed by atoms with Crippen LogP contribution in [0.1, 0.15) is 24.9 Å². The highest BCUT2D eigenvalue weighted by Gasteiger charge is 2.31. The number of fused-ring (bicyclic) bond motifs is 1. The van der Waals surface area contributed by atoms with Crippen LogP contribution in [0.5, 0.6) is 0 Å². The summed E-state index contributed by atoms with van der Waals surface area (Å²) in [5.41, 5.74) is 7.50. The van der Waals surface area contributed by atoms with Gasteiger partial charge in [-0.1, -0.05) is 29.8 Å². The summed E-state index contributed by atoms with van der Waals surface area (Å²) < 4.78 is 43.5. The molecule has 1 aliphatic heterocycles. The van der Waals surface area contributed by atoms with Gasteiger partial charge in [0.25, 0.3) is 0 Å². The van der Waals surface area contributed by atoms with Crippen LogP contribution in [0.25, 0.3) is 11.0 Å². The van der Waals surface area contributed by atoms with Crippen LogP contribution in [0, 0.1) is 11.6 Å². The van der Waals surface area contributed by atoms with Crippen LogP contribution < -0.4 is 10.6 Å². The number of nitrogens with zero attached hydrogens (tertiary/aromatic N) is 3. The van der Waals surface area contributed by atoms with Crippen molar-refractivity contribution in [3.8, 4) is 0 Å². The number of alkyl halides is 1. The summed E-state index contributed by atoms with van der Waals surface area (Å²) in [4.78, 5) is 6.40. The van der Waals surface area contributed by atoms with E-state index in [0.717, 1.165) is 17.7 Å². The molecule has 2 unspecified atom stereocenters. The van der Waals surface area contributed by atoms with Crippen LogP contribution in [-0.2, 0) is 0 Å². The number of benzene rings is 2. The topological polar surface area (TPSA) is 47.1 Å². The zero-order valence-electron chi connectivity index (χ0n) is 15.2. The second-order valence-electron chi connectivity index (χ2n) is 7.15. The standard InChI is InChI=1S/C20H20ClF3N4/c1-11(12-4-2-3-5-13(12)21)28-19-9-16(24)15(23)8-18(19)26-20(28)27-7-6-14(22)17(25)10-27/h2-5,8-9,11,14,17H,6-7,10,25H2,1H3/t11-,14?,17?/m0/s1. The molecule has 1 aliphatic rings. The molecule has 0 saturated carbocycles. The number of piperidine rings is 1. The SMILES string of the molecule is C[C@@H](c1ccccc1Cl)n1c(N2CCC(F)C(N)C2)nc2cc(F)c(F)cc21. The third-order valence-corrected chi connectivity index (χ3v) is 5.65. The first-order chi connectivity index (χ1) is 13.4. The smallest absolute Gasteiger partial charge is 0.207 e. The number of nitrogens with two attached hydrogens (primary N) is 1. The molecule has 2 heterocycles. The molecule has 4 rings (SSSR count). The Balaban J connectivity index is 1.89.